The van der Waals surface area contributed by atoms with Gasteiger partial charge in [0.1, 0.15) is 17.2 Å². The Kier molecular flexibility index (Phi) is 8.30. The van der Waals surface area contributed by atoms with Crippen molar-refractivity contribution >= 4 is 29.8 Å². The number of carbonyl (C=O) groups excluding carboxylic acids is 5. The highest BCUT2D eigenvalue weighted by molar-refractivity contribution is 5.94. The van der Waals surface area contributed by atoms with Crippen molar-refractivity contribution in [3.05, 3.63) is 12.8 Å². The number of fused-ring (bicyclic) bond motifs is 1. The van der Waals surface area contributed by atoms with Crippen molar-refractivity contribution in [3.63, 3.8) is 0 Å². The van der Waals surface area contributed by atoms with E-state index in [9.17, 15) is 29.1 Å². The molecule has 2 aliphatic carbocycles. The molecule has 0 aliphatic heterocycles. The van der Waals surface area contributed by atoms with Crippen LogP contribution < -0.4 is 16.0 Å². The number of amides is 3. The van der Waals surface area contributed by atoms with Gasteiger partial charge in [-0.2, -0.15) is 0 Å². The van der Waals surface area contributed by atoms with Crippen LogP contribution >= 0.6 is 0 Å². The Morgan fingerprint density at radius 2 is 1.88 bits per heavy atom. The van der Waals surface area contributed by atoms with E-state index in [1.165, 1.54) is 6.92 Å². The molecule has 12 heteroatoms. The number of carbonyl (C=O) groups is 5. The molecule has 0 aromatic heterocycles. The highest BCUT2D eigenvalue weighted by atomic mass is 16.6. The van der Waals surface area contributed by atoms with E-state index >= 15 is 0 Å². The number of rotatable bonds is 9. The van der Waals surface area contributed by atoms with Gasteiger partial charge in [-0.1, -0.05) is 6.58 Å². The van der Waals surface area contributed by atoms with Gasteiger partial charge in [0.05, 0.1) is 31.4 Å². The number of hydrogen-bond donors (Lipinski definition) is 4. The number of nitrogens with one attached hydrogen (secondary N) is 3. The van der Waals surface area contributed by atoms with E-state index in [4.69, 9.17) is 14.2 Å². The van der Waals surface area contributed by atoms with Crippen molar-refractivity contribution in [2.45, 2.75) is 64.3 Å². The van der Waals surface area contributed by atoms with Crippen LogP contribution in [0.3, 0.4) is 0 Å². The summed E-state index contributed by atoms with van der Waals surface area (Å²) in [6.07, 6.45) is -1.02. The number of aliphatic hydroxyl groups excluding tert-OH is 1. The summed E-state index contributed by atoms with van der Waals surface area (Å²) >= 11 is 0. The zero-order valence-electron chi connectivity index (χ0n) is 20.0. The van der Waals surface area contributed by atoms with Crippen LogP contribution in [0.25, 0.3) is 0 Å². The van der Waals surface area contributed by atoms with Gasteiger partial charge < -0.3 is 35.3 Å². The second kappa shape index (κ2) is 10.4. The van der Waals surface area contributed by atoms with Crippen LogP contribution in [0.2, 0.25) is 0 Å². The Morgan fingerprint density at radius 3 is 2.44 bits per heavy atom. The molecule has 2 saturated carbocycles. The first-order valence-electron chi connectivity index (χ1n) is 11.0. The summed E-state index contributed by atoms with van der Waals surface area (Å²) in [6.45, 7) is 10.9. The number of aliphatic hydroxyl groups is 1. The predicted octanol–water partition coefficient (Wildman–Crippen LogP) is -0.253. The Hall–Kier alpha value is -3.15. The topological polar surface area (TPSA) is 169 Å². The molecule has 0 aromatic carbocycles. The average molecular weight is 484 g/mol. The molecular formula is C22H33N3O9. The highest BCUT2D eigenvalue weighted by Gasteiger charge is 2.76. The molecule has 34 heavy (non-hydrogen) atoms. The summed E-state index contributed by atoms with van der Waals surface area (Å²) in [5.74, 6) is -4.95. The summed E-state index contributed by atoms with van der Waals surface area (Å²) in [7, 11) is 0. The molecule has 2 rings (SSSR count). The first kappa shape index (κ1) is 27.1. The van der Waals surface area contributed by atoms with Crippen LogP contribution in [-0.2, 0) is 33.4 Å². The molecule has 0 bridgehead atoms. The third-order valence-electron chi connectivity index (χ3n) is 5.64. The summed E-state index contributed by atoms with van der Waals surface area (Å²) in [4.78, 5) is 61.8. The molecule has 4 N–H and O–H groups in total. The van der Waals surface area contributed by atoms with Crippen LogP contribution in [0.1, 0.15) is 41.0 Å². The minimum atomic E-state index is -1.65. The molecule has 2 fully saturated rings. The molecule has 6 atom stereocenters. The third-order valence-corrected chi connectivity index (χ3v) is 5.64. The van der Waals surface area contributed by atoms with Gasteiger partial charge in [-0.3, -0.25) is 14.4 Å². The lowest BCUT2D eigenvalue weighted by Gasteiger charge is -2.31. The summed E-state index contributed by atoms with van der Waals surface area (Å²) in [5.41, 5.74) is -2.39. The van der Waals surface area contributed by atoms with Crippen LogP contribution in [0.5, 0.6) is 0 Å². The first-order chi connectivity index (χ1) is 15.8. The van der Waals surface area contributed by atoms with E-state index < -0.39 is 77.4 Å². The number of hydrogen-bond acceptors (Lipinski definition) is 9. The van der Waals surface area contributed by atoms with E-state index in [1.807, 2.05) is 0 Å². The summed E-state index contributed by atoms with van der Waals surface area (Å²) in [6, 6.07) is -0.999. The van der Waals surface area contributed by atoms with Gasteiger partial charge in [-0.05, 0) is 34.6 Å². The maximum Gasteiger partial charge on any atom is 0.408 e. The van der Waals surface area contributed by atoms with E-state index in [2.05, 4.69) is 22.5 Å². The normalized spacial score (nSPS) is 27.9. The highest BCUT2D eigenvalue weighted by Crippen LogP contribution is 2.63. The maximum absolute atomic E-state index is 12.8. The van der Waals surface area contributed by atoms with Gasteiger partial charge in [-0.25, -0.2) is 9.59 Å². The van der Waals surface area contributed by atoms with Crippen LogP contribution in [-0.4, -0.2) is 71.4 Å². The standard InChI is InChI=1S/C22H33N3O9/c1-7-32-18(29)15-14-12(26)9-22(16(14)15,19(30)33-8-2)25-13(27)10-23-17(28)11(3)24-20(31)34-21(4,5)6/h7,11-12,14-16,26H,1,8-10H2,2-6H3,(H,23,28)(H,24,31)(H,25,27)/t11-,12-,14-,15-,16-,22+/m0/s1. The Bertz CT molecular complexity index is 853. The van der Waals surface area contributed by atoms with Crippen molar-refractivity contribution in [1.29, 1.82) is 0 Å². The monoisotopic (exact) mass is 483 g/mol. The third kappa shape index (κ3) is 6.04. The zero-order chi connectivity index (χ0) is 25.8. The van der Waals surface area contributed by atoms with Gasteiger partial charge in [0.25, 0.3) is 0 Å². The van der Waals surface area contributed by atoms with Gasteiger partial charge in [-0.15, -0.1) is 0 Å². The maximum atomic E-state index is 12.8. The second-order valence-corrected chi connectivity index (χ2v) is 9.33. The molecule has 3 amide bonds. The second-order valence-electron chi connectivity index (χ2n) is 9.33. The SMILES string of the molecule is C=COC(=O)[C@H]1[C@H]2[C@@H]1[C@@](NC(=O)CNC(=O)[C@H](C)NC(=O)OC(C)(C)C)(C(=O)OCC)C[C@@H]2O. The Labute approximate surface area is 197 Å². The molecule has 190 valence electrons. The molecule has 2 aliphatic rings. The van der Waals surface area contributed by atoms with Crippen molar-refractivity contribution in [3.8, 4) is 0 Å². The lowest BCUT2D eigenvalue weighted by Crippen LogP contribution is -2.59. The fourth-order valence-electron chi connectivity index (χ4n) is 4.34. The fourth-order valence-corrected chi connectivity index (χ4v) is 4.34. The smallest absolute Gasteiger partial charge is 0.408 e. The quantitative estimate of drug-likeness (QED) is 0.196. The van der Waals surface area contributed by atoms with Crippen molar-refractivity contribution in [2.75, 3.05) is 13.2 Å². The number of alkyl carbamates (subject to hydrolysis) is 1. The Morgan fingerprint density at radius 1 is 1.24 bits per heavy atom. The number of esters is 2. The summed E-state index contributed by atoms with van der Waals surface area (Å²) < 4.78 is 15.0. The average Bonchev–Trinajstić information content (AvgIpc) is 3.40. The van der Waals surface area contributed by atoms with Crippen molar-refractivity contribution in [2.24, 2.45) is 17.8 Å². The van der Waals surface area contributed by atoms with Crippen LogP contribution in [0, 0.1) is 17.8 Å². The molecule has 12 nitrogen and oxygen atoms in total. The summed E-state index contributed by atoms with van der Waals surface area (Å²) in [5, 5.41) is 17.7. The fraction of sp³-hybridized carbons (Fsp3) is 0.682. The van der Waals surface area contributed by atoms with Crippen molar-refractivity contribution < 1.29 is 43.3 Å². The molecular weight excluding hydrogens is 450 g/mol. The molecule has 0 aromatic rings. The van der Waals surface area contributed by atoms with Gasteiger partial charge in [0, 0.05) is 18.3 Å². The number of ether oxygens (including phenoxy) is 3. The van der Waals surface area contributed by atoms with Gasteiger partial charge in [0.15, 0.2) is 0 Å². The van der Waals surface area contributed by atoms with E-state index in [0.717, 1.165) is 6.26 Å². The van der Waals surface area contributed by atoms with E-state index in [1.54, 1.807) is 27.7 Å². The molecule has 0 radical (unpaired) electrons. The first-order valence-corrected chi connectivity index (χ1v) is 11.0. The minimum absolute atomic E-state index is 0.0241. The van der Waals surface area contributed by atoms with E-state index in [-0.39, 0.29) is 13.0 Å². The van der Waals surface area contributed by atoms with Crippen LogP contribution in [0.15, 0.2) is 12.8 Å². The lowest BCUT2D eigenvalue weighted by molar-refractivity contribution is -0.156. The minimum Gasteiger partial charge on any atom is -0.464 e. The van der Waals surface area contributed by atoms with Gasteiger partial charge >= 0.3 is 18.0 Å². The zero-order valence-corrected chi connectivity index (χ0v) is 20.0. The molecule has 0 saturated heterocycles. The largest absolute Gasteiger partial charge is 0.464 e. The predicted molar refractivity (Wildman–Crippen MR) is 117 cm³/mol. The molecule has 0 heterocycles. The molecule has 0 spiro atoms. The van der Waals surface area contributed by atoms with Crippen molar-refractivity contribution in [1.82, 2.24) is 16.0 Å². The molecule has 0 unspecified atom stereocenters. The van der Waals surface area contributed by atoms with Gasteiger partial charge in [0.2, 0.25) is 11.8 Å². The lowest BCUT2D eigenvalue weighted by atomic mass is 9.89. The van der Waals surface area contributed by atoms with E-state index in [0.29, 0.717) is 0 Å². The Balaban J connectivity index is 2.02. The van der Waals surface area contributed by atoms with Crippen LogP contribution in [0.4, 0.5) is 4.79 Å².